The number of imidazole rings is 1. The predicted octanol–water partition coefficient (Wildman–Crippen LogP) is 4.54. The lowest BCUT2D eigenvalue weighted by Crippen LogP contribution is -2.21. The van der Waals surface area contributed by atoms with Crippen molar-refractivity contribution < 1.29 is 0 Å². The Labute approximate surface area is 164 Å². The fourth-order valence-electron chi connectivity index (χ4n) is 3.25. The Hall–Kier alpha value is -3.60. The van der Waals surface area contributed by atoms with E-state index < -0.39 is 0 Å². The normalized spacial score (nSPS) is 10.9. The first-order valence-corrected chi connectivity index (χ1v) is 9.18. The summed E-state index contributed by atoms with van der Waals surface area (Å²) in [4.78, 5) is 11.6. The van der Waals surface area contributed by atoms with Crippen LogP contribution in [0.4, 0.5) is 11.8 Å². The molecule has 5 nitrogen and oxygen atoms in total. The van der Waals surface area contributed by atoms with Crippen LogP contribution in [0.5, 0.6) is 0 Å². The minimum atomic E-state index is 0.568. The van der Waals surface area contributed by atoms with Crippen molar-refractivity contribution in [3.05, 3.63) is 90.1 Å². The first kappa shape index (κ1) is 17.8. The molecule has 0 aliphatic carbocycles. The Bertz CT molecular complexity index is 1120. The van der Waals surface area contributed by atoms with Crippen molar-refractivity contribution in [1.29, 1.82) is 0 Å². The summed E-state index contributed by atoms with van der Waals surface area (Å²) in [6, 6.07) is 20.4. The summed E-state index contributed by atoms with van der Waals surface area (Å²) in [6.45, 7) is 6.48. The fraction of sp³-hybridized carbons (Fsp3) is 0.130. The van der Waals surface area contributed by atoms with Gasteiger partial charge in [0, 0.05) is 18.9 Å². The van der Waals surface area contributed by atoms with Gasteiger partial charge in [0.15, 0.2) is 0 Å². The zero-order valence-corrected chi connectivity index (χ0v) is 16.1. The van der Waals surface area contributed by atoms with Gasteiger partial charge in [0.05, 0.1) is 17.6 Å². The monoisotopic (exact) mass is 369 g/mol. The second kappa shape index (κ2) is 7.19. The minimum Gasteiger partial charge on any atom is -0.399 e. The maximum Gasteiger partial charge on any atom is 0.212 e. The Kier molecular flexibility index (Phi) is 4.57. The van der Waals surface area contributed by atoms with Gasteiger partial charge in [0.25, 0.3) is 0 Å². The summed E-state index contributed by atoms with van der Waals surface area (Å²) in [6.07, 6.45) is 1.88. The highest BCUT2D eigenvalue weighted by Gasteiger charge is 2.18. The summed E-state index contributed by atoms with van der Waals surface area (Å²) in [7, 11) is 2.04. The molecule has 140 valence electrons. The quantitative estimate of drug-likeness (QED) is 0.561. The molecular formula is C23H23N5. The van der Waals surface area contributed by atoms with Crippen LogP contribution < -0.4 is 10.6 Å². The third-order valence-electron chi connectivity index (χ3n) is 4.84. The lowest BCUT2D eigenvalue weighted by Gasteiger charge is -2.23. The first-order valence-electron chi connectivity index (χ1n) is 9.18. The number of fused-ring (bicyclic) bond motifs is 1. The molecule has 2 aromatic carbocycles. The topological polar surface area (TPSA) is 60.0 Å². The molecule has 0 fully saturated rings. The fourth-order valence-corrected chi connectivity index (χ4v) is 3.25. The number of anilines is 2. The Morgan fingerprint density at radius 1 is 1.07 bits per heavy atom. The van der Waals surface area contributed by atoms with Crippen LogP contribution in [0.2, 0.25) is 0 Å². The molecule has 4 rings (SSSR count). The molecule has 0 saturated heterocycles. The first-order chi connectivity index (χ1) is 13.5. The maximum absolute atomic E-state index is 5.80. The Morgan fingerprint density at radius 2 is 1.82 bits per heavy atom. The standard InChI is InChI=1S/C23H23N5/c1-16-8-13-22(25-14-16)28(15-18-9-11-19(12-10-18)17(2)24)23-26-20-6-4-5-7-21(20)27(23)3/h4-14H,2,15,24H2,1,3H3. The minimum absolute atomic E-state index is 0.568. The number of hydrogen-bond acceptors (Lipinski definition) is 4. The number of hydrogen-bond donors (Lipinski definition) is 1. The SMILES string of the molecule is C=C(N)c1ccc(CN(c2ccc(C)cn2)c2nc3ccccc3n2C)cc1. The number of para-hydroxylation sites is 2. The third kappa shape index (κ3) is 3.34. The number of aryl methyl sites for hydroxylation is 2. The van der Waals surface area contributed by atoms with Crippen LogP contribution in [-0.4, -0.2) is 14.5 Å². The van der Waals surface area contributed by atoms with Crippen molar-refractivity contribution in [1.82, 2.24) is 14.5 Å². The van der Waals surface area contributed by atoms with Gasteiger partial charge in [0.2, 0.25) is 5.95 Å². The molecule has 0 bridgehead atoms. The van der Waals surface area contributed by atoms with Gasteiger partial charge in [-0.3, -0.25) is 4.90 Å². The Balaban J connectivity index is 1.78. The number of nitrogens with zero attached hydrogens (tertiary/aromatic N) is 4. The van der Waals surface area contributed by atoms with Crippen LogP contribution in [0.25, 0.3) is 16.7 Å². The lowest BCUT2D eigenvalue weighted by atomic mass is 10.1. The molecule has 0 saturated carbocycles. The Morgan fingerprint density at radius 3 is 2.46 bits per heavy atom. The highest BCUT2D eigenvalue weighted by molar-refractivity contribution is 5.79. The van der Waals surface area contributed by atoms with Gasteiger partial charge in [-0.2, -0.15) is 0 Å². The van der Waals surface area contributed by atoms with Crippen LogP contribution in [-0.2, 0) is 13.6 Å². The molecule has 0 spiro atoms. The van der Waals surface area contributed by atoms with Crippen LogP contribution in [0.3, 0.4) is 0 Å². The molecular weight excluding hydrogens is 346 g/mol. The van der Waals surface area contributed by atoms with Crippen molar-refractivity contribution in [2.45, 2.75) is 13.5 Å². The van der Waals surface area contributed by atoms with Gasteiger partial charge in [0.1, 0.15) is 5.82 Å². The third-order valence-corrected chi connectivity index (χ3v) is 4.84. The molecule has 0 aliphatic heterocycles. The average Bonchev–Trinajstić information content (AvgIpc) is 3.04. The molecule has 0 atom stereocenters. The molecule has 0 radical (unpaired) electrons. The zero-order valence-electron chi connectivity index (χ0n) is 16.1. The second-order valence-corrected chi connectivity index (χ2v) is 6.96. The van der Waals surface area contributed by atoms with Crippen molar-refractivity contribution in [2.24, 2.45) is 12.8 Å². The van der Waals surface area contributed by atoms with E-state index in [4.69, 9.17) is 10.7 Å². The van der Waals surface area contributed by atoms with Gasteiger partial charge in [-0.1, -0.05) is 49.0 Å². The van der Waals surface area contributed by atoms with E-state index in [1.807, 2.05) is 56.6 Å². The zero-order chi connectivity index (χ0) is 19.7. The number of aromatic nitrogens is 3. The molecule has 28 heavy (non-hydrogen) atoms. The molecule has 0 unspecified atom stereocenters. The van der Waals surface area contributed by atoms with Crippen molar-refractivity contribution in [2.75, 3.05) is 4.90 Å². The number of nitrogens with two attached hydrogens (primary N) is 1. The van der Waals surface area contributed by atoms with E-state index in [1.165, 1.54) is 0 Å². The molecule has 5 heteroatoms. The van der Waals surface area contributed by atoms with Crippen LogP contribution in [0.15, 0.2) is 73.4 Å². The van der Waals surface area contributed by atoms with E-state index in [0.717, 1.165) is 39.5 Å². The number of benzene rings is 2. The summed E-state index contributed by atoms with van der Waals surface area (Å²) < 4.78 is 2.10. The molecule has 2 heterocycles. The van der Waals surface area contributed by atoms with E-state index >= 15 is 0 Å². The summed E-state index contributed by atoms with van der Waals surface area (Å²) in [5.41, 5.74) is 11.6. The smallest absolute Gasteiger partial charge is 0.212 e. The molecule has 2 N–H and O–H groups in total. The van der Waals surface area contributed by atoms with E-state index in [-0.39, 0.29) is 0 Å². The van der Waals surface area contributed by atoms with E-state index in [1.54, 1.807) is 0 Å². The summed E-state index contributed by atoms with van der Waals surface area (Å²) in [5.74, 6) is 1.71. The van der Waals surface area contributed by atoms with Crippen LogP contribution >= 0.6 is 0 Å². The van der Waals surface area contributed by atoms with Gasteiger partial charge < -0.3 is 10.3 Å². The van der Waals surface area contributed by atoms with Gasteiger partial charge in [-0.25, -0.2) is 9.97 Å². The number of rotatable bonds is 5. The van der Waals surface area contributed by atoms with Crippen LogP contribution in [0.1, 0.15) is 16.7 Å². The number of pyridine rings is 1. The second-order valence-electron chi connectivity index (χ2n) is 6.96. The van der Waals surface area contributed by atoms with E-state index in [0.29, 0.717) is 12.2 Å². The molecule has 4 aromatic rings. The van der Waals surface area contributed by atoms with Gasteiger partial charge in [-0.15, -0.1) is 0 Å². The van der Waals surface area contributed by atoms with Crippen molar-refractivity contribution >= 4 is 28.5 Å². The van der Waals surface area contributed by atoms with E-state index in [2.05, 4.69) is 45.3 Å². The largest absolute Gasteiger partial charge is 0.399 e. The van der Waals surface area contributed by atoms with Gasteiger partial charge in [-0.05, 0) is 41.8 Å². The predicted molar refractivity (Wildman–Crippen MR) is 115 cm³/mol. The van der Waals surface area contributed by atoms with Gasteiger partial charge >= 0.3 is 0 Å². The van der Waals surface area contributed by atoms with E-state index in [9.17, 15) is 0 Å². The molecule has 0 amide bonds. The highest BCUT2D eigenvalue weighted by Crippen LogP contribution is 2.28. The maximum atomic E-state index is 5.80. The van der Waals surface area contributed by atoms with Crippen molar-refractivity contribution in [3.63, 3.8) is 0 Å². The highest BCUT2D eigenvalue weighted by atomic mass is 15.3. The summed E-state index contributed by atoms with van der Waals surface area (Å²) >= 11 is 0. The van der Waals surface area contributed by atoms with Crippen molar-refractivity contribution in [3.8, 4) is 0 Å². The molecule has 0 aliphatic rings. The molecule has 2 aromatic heterocycles. The average molecular weight is 369 g/mol. The summed E-state index contributed by atoms with van der Waals surface area (Å²) in [5, 5.41) is 0. The lowest BCUT2D eigenvalue weighted by molar-refractivity contribution is 0.837. The van der Waals surface area contributed by atoms with Crippen LogP contribution in [0, 0.1) is 6.92 Å².